The van der Waals surface area contributed by atoms with Crippen LogP contribution in [0.15, 0.2) is 89.5 Å². The highest BCUT2D eigenvalue weighted by atomic mass is 32.2. The van der Waals surface area contributed by atoms with Gasteiger partial charge >= 0.3 is 0 Å². The third-order valence-corrected chi connectivity index (χ3v) is 5.44. The van der Waals surface area contributed by atoms with E-state index >= 15 is 0 Å². The summed E-state index contributed by atoms with van der Waals surface area (Å²) in [6, 6.07) is 20.9. The van der Waals surface area contributed by atoms with E-state index in [4.69, 9.17) is 0 Å². The average molecular weight is 393 g/mol. The van der Waals surface area contributed by atoms with Crippen LogP contribution in [0.5, 0.6) is 5.75 Å². The summed E-state index contributed by atoms with van der Waals surface area (Å²) >= 11 is 0. The van der Waals surface area contributed by atoms with Gasteiger partial charge in [-0.3, -0.25) is 9.52 Å². The summed E-state index contributed by atoms with van der Waals surface area (Å²) < 4.78 is 28.0. The van der Waals surface area contributed by atoms with Crippen LogP contribution < -0.4 is 4.72 Å². The zero-order valence-corrected chi connectivity index (χ0v) is 16.0. The second kappa shape index (κ2) is 8.10. The van der Waals surface area contributed by atoms with Crippen LogP contribution in [0.4, 0.5) is 0 Å². The van der Waals surface area contributed by atoms with Crippen molar-refractivity contribution < 1.29 is 18.3 Å². The summed E-state index contributed by atoms with van der Waals surface area (Å²) in [6.07, 6.45) is 1.44. The fourth-order valence-corrected chi connectivity index (χ4v) is 3.60. The van der Waals surface area contributed by atoms with Crippen molar-refractivity contribution in [2.24, 2.45) is 0 Å². The molecule has 6 heteroatoms. The molecule has 0 aromatic heterocycles. The van der Waals surface area contributed by atoms with E-state index in [1.165, 1.54) is 30.3 Å². The van der Waals surface area contributed by atoms with E-state index < -0.39 is 15.8 Å². The maximum Gasteiger partial charge on any atom is 0.262 e. The van der Waals surface area contributed by atoms with Gasteiger partial charge in [0.2, 0.25) is 5.78 Å². The van der Waals surface area contributed by atoms with Crippen molar-refractivity contribution in [3.63, 3.8) is 0 Å². The summed E-state index contributed by atoms with van der Waals surface area (Å²) in [5.74, 6) is -0.377. The molecule has 0 aliphatic rings. The Bertz CT molecular complexity index is 1100. The summed E-state index contributed by atoms with van der Waals surface area (Å²) in [6.45, 7) is 1.86. The second-order valence-electron chi connectivity index (χ2n) is 6.26. The van der Waals surface area contributed by atoms with Gasteiger partial charge < -0.3 is 5.11 Å². The number of phenols is 1. The lowest BCUT2D eigenvalue weighted by Gasteiger charge is -2.12. The Morgan fingerprint density at radius 1 is 0.893 bits per heavy atom. The lowest BCUT2D eigenvalue weighted by Crippen LogP contribution is -2.27. The SMILES string of the molecule is Cc1ccc(S(=O)(=O)NC(=Cc2ccc(O)cc2)C(=O)c2ccccc2)cc1. The van der Waals surface area contributed by atoms with Crippen molar-refractivity contribution in [2.75, 3.05) is 0 Å². The quantitative estimate of drug-likeness (QED) is 0.491. The molecule has 2 N–H and O–H groups in total. The van der Waals surface area contributed by atoms with Crippen LogP contribution >= 0.6 is 0 Å². The Labute approximate surface area is 164 Å². The van der Waals surface area contributed by atoms with E-state index in [1.807, 2.05) is 6.92 Å². The summed E-state index contributed by atoms with van der Waals surface area (Å²) in [5.41, 5.74) is 1.78. The first-order valence-corrected chi connectivity index (χ1v) is 10.0. The molecule has 0 unspecified atom stereocenters. The normalized spacial score (nSPS) is 11.8. The summed E-state index contributed by atoms with van der Waals surface area (Å²) in [7, 11) is -3.95. The molecule has 0 spiro atoms. The molecule has 0 saturated carbocycles. The van der Waals surface area contributed by atoms with Crippen LogP contribution in [0, 0.1) is 6.92 Å². The first-order valence-electron chi connectivity index (χ1n) is 8.55. The number of hydrogen-bond donors (Lipinski definition) is 2. The first kappa shape index (κ1) is 19.4. The summed E-state index contributed by atoms with van der Waals surface area (Å²) in [4.78, 5) is 13.0. The van der Waals surface area contributed by atoms with Gasteiger partial charge in [-0.05, 0) is 42.8 Å². The van der Waals surface area contributed by atoms with Crippen LogP contribution in [-0.2, 0) is 10.0 Å². The number of sulfonamides is 1. The van der Waals surface area contributed by atoms with E-state index in [0.717, 1.165) is 5.56 Å². The van der Waals surface area contributed by atoms with E-state index in [9.17, 15) is 18.3 Å². The van der Waals surface area contributed by atoms with E-state index in [1.54, 1.807) is 54.6 Å². The Morgan fingerprint density at radius 2 is 1.50 bits per heavy atom. The van der Waals surface area contributed by atoms with Gasteiger partial charge in [-0.15, -0.1) is 0 Å². The molecule has 0 atom stereocenters. The third-order valence-electron chi connectivity index (χ3n) is 4.06. The zero-order chi connectivity index (χ0) is 20.1. The molecule has 0 fully saturated rings. The number of benzene rings is 3. The molecular weight excluding hydrogens is 374 g/mol. The maximum atomic E-state index is 12.9. The number of aromatic hydroxyl groups is 1. The fourth-order valence-electron chi connectivity index (χ4n) is 2.54. The van der Waals surface area contributed by atoms with Gasteiger partial charge in [0.15, 0.2) is 0 Å². The molecule has 0 heterocycles. The lowest BCUT2D eigenvalue weighted by atomic mass is 10.1. The van der Waals surface area contributed by atoms with Gasteiger partial charge in [-0.25, -0.2) is 8.42 Å². The molecule has 0 radical (unpaired) electrons. The lowest BCUT2D eigenvalue weighted by molar-refractivity contribution is 0.103. The monoisotopic (exact) mass is 393 g/mol. The standard InChI is InChI=1S/C22H19NO4S/c1-16-7-13-20(14-8-16)28(26,27)23-21(15-17-9-11-19(24)12-10-17)22(25)18-5-3-2-4-6-18/h2-15,23-24H,1H3. The molecule has 5 nitrogen and oxygen atoms in total. The van der Waals surface area contributed by atoms with Crippen molar-refractivity contribution in [1.29, 1.82) is 0 Å². The number of phenolic OH excluding ortho intramolecular Hbond substituents is 1. The maximum absolute atomic E-state index is 12.9. The number of carbonyl (C=O) groups excluding carboxylic acids is 1. The largest absolute Gasteiger partial charge is 0.508 e. The topological polar surface area (TPSA) is 83.5 Å². The van der Waals surface area contributed by atoms with Gasteiger partial charge in [-0.1, -0.05) is 60.2 Å². The number of carbonyl (C=O) groups is 1. The van der Waals surface area contributed by atoms with Crippen molar-refractivity contribution in [1.82, 2.24) is 4.72 Å². The minimum Gasteiger partial charge on any atom is -0.508 e. The van der Waals surface area contributed by atoms with Crippen LogP contribution in [0.3, 0.4) is 0 Å². The molecule has 0 saturated heterocycles. The minimum atomic E-state index is -3.95. The van der Waals surface area contributed by atoms with Crippen molar-refractivity contribution in [3.05, 3.63) is 101 Å². The van der Waals surface area contributed by atoms with E-state index in [2.05, 4.69) is 4.72 Å². The second-order valence-corrected chi connectivity index (χ2v) is 7.95. The Hall–Kier alpha value is -3.38. The molecule has 142 valence electrons. The van der Waals surface area contributed by atoms with Gasteiger partial charge in [0, 0.05) is 5.56 Å². The van der Waals surface area contributed by atoms with Gasteiger partial charge in [0.05, 0.1) is 10.6 Å². The van der Waals surface area contributed by atoms with Crippen LogP contribution in [-0.4, -0.2) is 19.3 Å². The molecule has 28 heavy (non-hydrogen) atoms. The molecule has 3 rings (SSSR count). The first-order chi connectivity index (χ1) is 13.3. The number of Topliss-reactive ketones (excluding diaryl/α,β-unsaturated/α-hetero) is 1. The molecule has 0 bridgehead atoms. The number of allylic oxidation sites excluding steroid dienone is 1. The number of hydrogen-bond acceptors (Lipinski definition) is 4. The average Bonchev–Trinajstić information content (AvgIpc) is 2.69. The van der Waals surface area contributed by atoms with Gasteiger partial charge in [0.25, 0.3) is 10.0 Å². The summed E-state index contributed by atoms with van der Waals surface area (Å²) in [5, 5.41) is 9.44. The number of ketones is 1. The number of rotatable bonds is 6. The van der Waals surface area contributed by atoms with E-state index in [0.29, 0.717) is 11.1 Å². The molecule has 0 amide bonds. The zero-order valence-electron chi connectivity index (χ0n) is 15.2. The fraction of sp³-hybridized carbons (Fsp3) is 0.0455. The highest BCUT2D eigenvalue weighted by Gasteiger charge is 2.20. The highest BCUT2D eigenvalue weighted by molar-refractivity contribution is 7.89. The van der Waals surface area contributed by atoms with Crippen LogP contribution in [0.25, 0.3) is 6.08 Å². The van der Waals surface area contributed by atoms with Crippen molar-refractivity contribution in [3.8, 4) is 5.75 Å². The van der Waals surface area contributed by atoms with Crippen LogP contribution in [0.1, 0.15) is 21.5 Å². The molecule has 0 aliphatic carbocycles. The third kappa shape index (κ3) is 4.66. The minimum absolute atomic E-state index is 0.0653. The van der Waals surface area contributed by atoms with Crippen molar-refractivity contribution in [2.45, 2.75) is 11.8 Å². The Balaban J connectivity index is 2.01. The number of aryl methyl sites for hydroxylation is 1. The molecule has 3 aromatic rings. The Kier molecular flexibility index (Phi) is 5.61. The van der Waals surface area contributed by atoms with Crippen molar-refractivity contribution >= 4 is 21.9 Å². The van der Waals surface area contributed by atoms with Gasteiger partial charge in [-0.2, -0.15) is 0 Å². The molecular formula is C22H19NO4S. The Morgan fingerprint density at radius 3 is 2.11 bits per heavy atom. The molecule has 0 aliphatic heterocycles. The van der Waals surface area contributed by atoms with E-state index in [-0.39, 0.29) is 16.3 Å². The highest BCUT2D eigenvalue weighted by Crippen LogP contribution is 2.17. The molecule has 3 aromatic carbocycles. The van der Waals surface area contributed by atoms with Gasteiger partial charge in [0.1, 0.15) is 5.75 Å². The number of nitrogens with one attached hydrogen (secondary N) is 1. The predicted octanol–water partition coefficient (Wildman–Crippen LogP) is 3.90. The smallest absolute Gasteiger partial charge is 0.262 e. The van der Waals surface area contributed by atoms with Crippen LogP contribution in [0.2, 0.25) is 0 Å². The predicted molar refractivity (Wildman–Crippen MR) is 108 cm³/mol.